The number of aryl methyl sites for hydroxylation is 2. The van der Waals surface area contributed by atoms with Gasteiger partial charge in [-0.1, -0.05) is 0 Å². The zero-order chi connectivity index (χ0) is 16.4. The van der Waals surface area contributed by atoms with E-state index in [1.54, 1.807) is 0 Å². The summed E-state index contributed by atoms with van der Waals surface area (Å²) in [7, 11) is 1.93. The minimum atomic E-state index is -0.640. The van der Waals surface area contributed by atoms with Crippen LogP contribution in [0.4, 0.5) is 0 Å². The molecule has 0 unspecified atom stereocenters. The van der Waals surface area contributed by atoms with Crippen LogP contribution in [0.1, 0.15) is 36.9 Å². The van der Waals surface area contributed by atoms with Crippen LogP contribution < -0.4 is 0 Å². The molecule has 0 amide bonds. The van der Waals surface area contributed by atoms with Crippen molar-refractivity contribution in [3.8, 4) is 11.1 Å². The van der Waals surface area contributed by atoms with Crippen LogP contribution in [0, 0.1) is 18.8 Å². The van der Waals surface area contributed by atoms with Crippen molar-refractivity contribution in [3.63, 3.8) is 0 Å². The number of carbonyl (C=O) groups is 1. The maximum atomic E-state index is 11.0. The highest BCUT2D eigenvalue weighted by Gasteiger charge is 2.26. The third-order valence-electron chi connectivity index (χ3n) is 4.84. The van der Waals surface area contributed by atoms with E-state index in [2.05, 4.69) is 16.1 Å². The Balaban J connectivity index is 1.69. The van der Waals surface area contributed by atoms with E-state index >= 15 is 0 Å². The van der Waals surface area contributed by atoms with Gasteiger partial charge in [0.25, 0.3) is 0 Å². The molecule has 0 radical (unpaired) electrons. The highest BCUT2D eigenvalue weighted by Crippen LogP contribution is 2.32. The second-order valence-electron chi connectivity index (χ2n) is 6.64. The van der Waals surface area contributed by atoms with Gasteiger partial charge in [0.1, 0.15) is 0 Å². The maximum Gasteiger partial charge on any atom is 0.306 e. The van der Waals surface area contributed by atoms with Gasteiger partial charge in [0.2, 0.25) is 0 Å². The Morgan fingerprint density at radius 1 is 1.30 bits per heavy atom. The van der Waals surface area contributed by atoms with Gasteiger partial charge in [0.15, 0.2) is 0 Å². The van der Waals surface area contributed by atoms with E-state index in [0.29, 0.717) is 5.92 Å². The van der Waals surface area contributed by atoms with Crippen molar-refractivity contribution in [2.45, 2.75) is 39.0 Å². The van der Waals surface area contributed by atoms with E-state index in [0.717, 1.165) is 48.9 Å². The number of pyridine rings is 1. The lowest BCUT2D eigenvalue weighted by Crippen LogP contribution is -2.22. The Bertz CT molecular complexity index is 700. The number of hydrogen-bond donors (Lipinski definition) is 1. The molecule has 0 spiro atoms. The molecule has 23 heavy (non-hydrogen) atoms. The van der Waals surface area contributed by atoms with Crippen molar-refractivity contribution in [2.75, 3.05) is 0 Å². The van der Waals surface area contributed by atoms with Gasteiger partial charge < -0.3 is 5.11 Å². The molecular weight excluding hydrogens is 290 g/mol. The van der Waals surface area contributed by atoms with Crippen LogP contribution in [0.3, 0.4) is 0 Å². The van der Waals surface area contributed by atoms with E-state index in [-0.39, 0.29) is 5.92 Å². The average Bonchev–Trinajstić information content (AvgIpc) is 2.87. The van der Waals surface area contributed by atoms with E-state index in [4.69, 9.17) is 5.11 Å². The molecule has 2 aromatic heterocycles. The van der Waals surface area contributed by atoms with Crippen molar-refractivity contribution in [1.82, 2.24) is 14.8 Å². The first kappa shape index (κ1) is 15.7. The zero-order valence-corrected chi connectivity index (χ0v) is 13.7. The predicted molar refractivity (Wildman–Crippen MR) is 88.0 cm³/mol. The first-order valence-electron chi connectivity index (χ1n) is 8.20. The van der Waals surface area contributed by atoms with Crippen molar-refractivity contribution in [2.24, 2.45) is 18.9 Å². The molecule has 1 fully saturated rings. The lowest BCUT2D eigenvalue weighted by molar-refractivity contribution is -0.143. The van der Waals surface area contributed by atoms with E-state index in [1.165, 1.54) is 5.56 Å². The minimum Gasteiger partial charge on any atom is -0.481 e. The van der Waals surface area contributed by atoms with Gasteiger partial charge in [0.05, 0.1) is 11.6 Å². The van der Waals surface area contributed by atoms with E-state index in [1.807, 2.05) is 37.2 Å². The van der Waals surface area contributed by atoms with E-state index < -0.39 is 5.97 Å². The summed E-state index contributed by atoms with van der Waals surface area (Å²) in [5.41, 5.74) is 4.46. The summed E-state index contributed by atoms with van der Waals surface area (Å²) in [6.45, 7) is 2.01. The monoisotopic (exact) mass is 313 g/mol. The maximum absolute atomic E-state index is 11.0. The second kappa shape index (κ2) is 6.52. The molecule has 3 rings (SSSR count). The molecule has 2 heterocycles. The summed E-state index contributed by atoms with van der Waals surface area (Å²) in [6, 6.07) is 2.19. The summed E-state index contributed by atoms with van der Waals surface area (Å²) in [6.07, 6.45) is 10.4. The molecule has 0 atom stereocenters. The quantitative estimate of drug-likeness (QED) is 0.941. The summed E-state index contributed by atoms with van der Waals surface area (Å²) in [5, 5.41) is 13.5. The molecule has 0 aliphatic heterocycles. The fourth-order valence-corrected chi connectivity index (χ4v) is 3.58. The summed E-state index contributed by atoms with van der Waals surface area (Å²) < 4.78 is 1.82. The van der Waals surface area contributed by atoms with Gasteiger partial charge in [-0.25, -0.2) is 0 Å². The first-order valence-corrected chi connectivity index (χ1v) is 8.20. The standard InChI is InChI=1S/C18H23N3O2/c1-12-17(11-21(2)20-12)16-8-14(9-19-10-16)7-13-3-5-15(6-4-13)18(22)23/h8-11,13,15H,3-7H2,1-2H3,(H,22,23)/t13-,15-. The first-order chi connectivity index (χ1) is 11.0. The molecule has 1 aliphatic carbocycles. The number of aromatic nitrogens is 3. The van der Waals surface area contributed by atoms with Crippen LogP contribution in [-0.4, -0.2) is 25.8 Å². The molecule has 122 valence electrons. The van der Waals surface area contributed by atoms with Crippen molar-refractivity contribution >= 4 is 5.97 Å². The Kier molecular flexibility index (Phi) is 4.46. The van der Waals surface area contributed by atoms with Crippen molar-refractivity contribution in [3.05, 3.63) is 35.9 Å². The number of carboxylic acids is 1. The lowest BCUT2D eigenvalue weighted by Gasteiger charge is -2.26. The predicted octanol–water partition coefficient (Wildman–Crippen LogP) is 3.22. The molecule has 1 saturated carbocycles. The van der Waals surface area contributed by atoms with Crippen LogP contribution in [0.5, 0.6) is 0 Å². The fraction of sp³-hybridized carbons (Fsp3) is 0.500. The zero-order valence-electron chi connectivity index (χ0n) is 13.7. The molecule has 0 bridgehead atoms. The summed E-state index contributed by atoms with van der Waals surface area (Å²) >= 11 is 0. The second-order valence-corrected chi connectivity index (χ2v) is 6.64. The highest BCUT2D eigenvalue weighted by atomic mass is 16.4. The SMILES string of the molecule is Cc1nn(C)cc1-c1cncc(C[C@H]2CC[C@H](C(=O)O)CC2)c1. The van der Waals surface area contributed by atoms with Gasteiger partial charge in [-0.05, 0) is 56.6 Å². The van der Waals surface area contributed by atoms with Gasteiger partial charge in [-0.15, -0.1) is 0 Å². The molecule has 2 aromatic rings. The van der Waals surface area contributed by atoms with Gasteiger partial charge in [-0.2, -0.15) is 5.10 Å². The summed E-state index contributed by atoms with van der Waals surface area (Å²) in [5.74, 6) is -0.217. The smallest absolute Gasteiger partial charge is 0.306 e. The largest absolute Gasteiger partial charge is 0.481 e. The number of aliphatic carboxylic acids is 1. The molecule has 5 heteroatoms. The van der Waals surface area contributed by atoms with Gasteiger partial charge >= 0.3 is 5.97 Å². The average molecular weight is 313 g/mol. The van der Waals surface area contributed by atoms with Gasteiger partial charge in [0, 0.05) is 36.8 Å². The van der Waals surface area contributed by atoms with Gasteiger partial charge in [-0.3, -0.25) is 14.5 Å². The fourth-order valence-electron chi connectivity index (χ4n) is 3.58. The topological polar surface area (TPSA) is 68.0 Å². The summed E-state index contributed by atoms with van der Waals surface area (Å²) in [4.78, 5) is 15.4. The van der Waals surface area contributed by atoms with Crippen LogP contribution in [-0.2, 0) is 18.3 Å². The molecule has 1 aliphatic rings. The Labute approximate surface area is 136 Å². The third kappa shape index (κ3) is 3.60. The number of nitrogens with zero attached hydrogens (tertiary/aromatic N) is 3. The Hall–Kier alpha value is -2.17. The van der Waals surface area contributed by atoms with Crippen molar-refractivity contribution in [1.29, 1.82) is 0 Å². The Morgan fingerprint density at radius 2 is 2.04 bits per heavy atom. The number of carboxylic acid groups (broad SMARTS) is 1. The third-order valence-corrected chi connectivity index (χ3v) is 4.84. The normalized spacial score (nSPS) is 21.3. The van der Waals surface area contributed by atoms with Crippen LogP contribution in [0.25, 0.3) is 11.1 Å². The molecular formula is C18H23N3O2. The van der Waals surface area contributed by atoms with Crippen LogP contribution in [0.2, 0.25) is 0 Å². The molecule has 1 N–H and O–H groups in total. The number of rotatable bonds is 4. The van der Waals surface area contributed by atoms with Crippen molar-refractivity contribution < 1.29 is 9.90 Å². The highest BCUT2D eigenvalue weighted by molar-refractivity contribution is 5.70. The molecule has 5 nitrogen and oxygen atoms in total. The van der Waals surface area contributed by atoms with Crippen LogP contribution in [0.15, 0.2) is 24.7 Å². The van der Waals surface area contributed by atoms with Crippen LogP contribution >= 0.6 is 0 Å². The minimum absolute atomic E-state index is 0.145. The lowest BCUT2D eigenvalue weighted by atomic mass is 9.79. The van der Waals surface area contributed by atoms with E-state index in [9.17, 15) is 4.79 Å². The molecule has 0 saturated heterocycles. The number of hydrogen-bond acceptors (Lipinski definition) is 3. The Morgan fingerprint density at radius 3 is 2.65 bits per heavy atom. The molecule has 0 aromatic carbocycles.